The first-order valence-electron chi connectivity index (χ1n) is 7.97. The Labute approximate surface area is 160 Å². The van der Waals surface area contributed by atoms with Crippen LogP contribution in [0, 0.1) is 11.8 Å². The molecule has 0 radical (unpaired) electrons. The molecule has 0 aliphatic heterocycles. The topological polar surface area (TPSA) is 38.3 Å². The van der Waals surface area contributed by atoms with Crippen molar-refractivity contribution in [2.24, 2.45) is 0 Å². The Morgan fingerprint density at radius 2 is 1.74 bits per heavy atom. The molecule has 2 aromatic rings. The third-order valence-electron chi connectivity index (χ3n) is 3.53. The summed E-state index contributed by atoms with van der Waals surface area (Å²) in [5.74, 6) is 4.99. The van der Waals surface area contributed by atoms with E-state index in [-0.39, 0.29) is 12.1 Å². The number of hydrogen-bond donors (Lipinski definition) is 1. The highest BCUT2D eigenvalue weighted by molar-refractivity contribution is 6.30. The van der Waals surface area contributed by atoms with Crippen molar-refractivity contribution in [2.45, 2.75) is 25.6 Å². The molecule has 0 fully saturated rings. The quantitative estimate of drug-likeness (QED) is 0.763. The SMILES string of the molecule is CC(C)(Oc1ccc(Cl)cc1)C(=O)NCC#Cc1ccccc1C(F)(F)F. The Kier molecular flexibility index (Phi) is 6.40. The van der Waals surface area contributed by atoms with E-state index in [2.05, 4.69) is 17.2 Å². The van der Waals surface area contributed by atoms with Crippen molar-refractivity contribution in [1.29, 1.82) is 0 Å². The number of rotatable bonds is 4. The summed E-state index contributed by atoms with van der Waals surface area (Å²) in [5.41, 5.74) is -2.15. The van der Waals surface area contributed by atoms with Crippen LogP contribution in [-0.2, 0) is 11.0 Å². The number of carbonyl (C=O) groups excluding carboxylic acids is 1. The van der Waals surface area contributed by atoms with Crippen LogP contribution in [0.5, 0.6) is 5.75 Å². The number of ether oxygens (including phenoxy) is 1. The van der Waals surface area contributed by atoms with Gasteiger partial charge in [0.05, 0.1) is 12.1 Å². The molecule has 0 aliphatic rings. The van der Waals surface area contributed by atoms with Gasteiger partial charge < -0.3 is 10.1 Å². The van der Waals surface area contributed by atoms with E-state index in [0.717, 1.165) is 6.07 Å². The van der Waals surface area contributed by atoms with Gasteiger partial charge in [-0.15, -0.1) is 0 Å². The van der Waals surface area contributed by atoms with Crippen LogP contribution < -0.4 is 10.1 Å². The van der Waals surface area contributed by atoms with E-state index >= 15 is 0 Å². The van der Waals surface area contributed by atoms with Crippen molar-refractivity contribution < 1.29 is 22.7 Å². The van der Waals surface area contributed by atoms with Crippen LogP contribution in [0.15, 0.2) is 48.5 Å². The van der Waals surface area contributed by atoms with E-state index in [9.17, 15) is 18.0 Å². The van der Waals surface area contributed by atoms with Gasteiger partial charge in [-0.25, -0.2) is 0 Å². The molecule has 0 saturated carbocycles. The van der Waals surface area contributed by atoms with Crippen LogP contribution in [-0.4, -0.2) is 18.1 Å². The standard InChI is InChI=1S/C20H17ClF3NO2/c1-19(2,27-16-11-9-15(21)10-12-16)18(26)25-13-5-7-14-6-3-4-8-17(14)20(22,23)24/h3-4,6,8-12H,13H2,1-2H3,(H,25,26). The predicted octanol–water partition coefficient (Wildman–Crippen LogP) is 4.68. The lowest BCUT2D eigenvalue weighted by molar-refractivity contribution is -0.137. The summed E-state index contributed by atoms with van der Waals surface area (Å²) < 4.78 is 44.4. The molecule has 2 aromatic carbocycles. The fourth-order valence-electron chi connectivity index (χ4n) is 2.16. The number of carbonyl (C=O) groups is 1. The smallest absolute Gasteiger partial charge is 0.417 e. The molecule has 2 rings (SSSR count). The zero-order valence-electron chi connectivity index (χ0n) is 14.7. The number of halogens is 4. The van der Waals surface area contributed by atoms with Gasteiger partial charge in [-0.2, -0.15) is 13.2 Å². The fraction of sp³-hybridized carbons (Fsp3) is 0.250. The highest BCUT2D eigenvalue weighted by Crippen LogP contribution is 2.31. The molecule has 0 heterocycles. The number of alkyl halides is 3. The van der Waals surface area contributed by atoms with Crippen LogP contribution in [0.2, 0.25) is 5.02 Å². The van der Waals surface area contributed by atoms with Crippen molar-refractivity contribution >= 4 is 17.5 Å². The molecule has 142 valence electrons. The third-order valence-corrected chi connectivity index (χ3v) is 3.78. The molecular formula is C20H17ClF3NO2. The highest BCUT2D eigenvalue weighted by Gasteiger charge is 2.32. The van der Waals surface area contributed by atoms with Gasteiger partial charge in [0.1, 0.15) is 5.75 Å². The fourth-order valence-corrected chi connectivity index (χ4v) is 2.29. The largest absolute Gasteiger partial charge is 0.478 e. The molecule has 0 aromatic heterocycles. The van der Waals surface area contributed by atoms with Crippen LogP contribution >= 0.6 is 11.6 Å². The summed E-state index contributed by atoms with van der Waals surface area (Å²) >= 11 is 5.80. The van der Waals surface area contributed by atoms with Crippen LogP contribution in [0.4, 0.5) is 13.2 Å². The van der Waals surface area contributed by atoms with Gasteiger partial charge >= 0.3 is 6.18 Å². The summed E-state index contributed by atoms with van der Waals surface area (Å²) in [6.07, 6.45) is -4.48. The molecule has 0 saturated heterocycles. The van der Waals surface area contributed by atoms with Gasteiger partial charge in [0.2, 0.25) is 0 Å². The summed E-state index contributed by atoms with van der Waals surface area (Å²) in [7, 11) is 0. The van der Waals surface area contributed by atoms with Crippen molar-refractivity contribution in [3.63, 3.8) is 0 Å². The normalized spacial score (nSPS) is 11.3. The number of benzene rings is 2. The van der Waals surface area contributed by atoms with E-state index in [1.807, 2.05) is 0 Å². The van der Waals surface area contributed by atoms with Gasteiger partial charge in [0.25, 0.3) is 5.91 Å². The molecule has 0 atom stereocenters. The molecule has 0 aliphatic carbocycles. The van der Waals surface area contributed by atoms with Crippen molar-refractivity contribution in [3.05, 3.63) is 64.7 Å². The lowest BCUT2D eigenvalue weighted by Gasteiger charge is -2.24. The molecule has 0 spiro atoms. The van der Waals surface area contributed by atoms with Crippen molar-refractivity contribution in [2.75, 3.05) is 6.54 Å². The summed E-state index contributed by atoms with van der Waals surface area (Å²) in [6.45, 7) is 3.03. The Bertz CT molecular complexity index is 865. The first-order valence-corrected chi connectivity index (χ1v) is 8.35. The minimum atomic E-state index is -4.48. The Morgan fingerprint density at radius 1 is 1.11 bits per heavy atom. The Morgan fingerprint density at radius 3 is 2.37 bits per heavy atom. The average molecular weight is 396 g/mol. The first kappa shape index (κ1) is 20.7. The van der Waals surface area contributed by atoms with Gasteiger partial charge in [-0.3, -0.25) is 4.79 Å². The van der Waals surface area contributed by atoms with E-state index in [1.54, 1.807) is 38.1 Å². The zero-order chi connectivity index (χ0) is 20.1. The molecule has 1 N–H and O–H groups in total. The Hall–Kier alpha value is -2.65. The number of amides is 1. The zero-order valence-corrected chi connectivity index (χ0v) is 15.4. The summed E-state index contributed by atoms with van der Waals surface area (Å²) in [5, 5.41) is 3.08. The van der Waals surface area contributed by atoms with E-state index in [1.165, 1.54) is 18.2 Å². The second-order valence-corrected chi connectivity index (χ2v) is 6.53. The molecule has 27 heavy (non-hydrogen) atoms. The number of nitrogens with one attached hydrogen (secondary N) is 1. The average Bonchev–Trinajstić information content (AvgIpc) is 2.60. The van der Waals surface area contributed by atoms with Crippen molar-refractivity contribution in [3.8, 4) is 17.6 Å². The second-order valence-electron chi connectivity index (χ2n) is 6.09. The second kappa shape index (κ2) is 8.36. The maximum atomic E-state index is 12.9. The van der Waals surface area contributed by atoms with Crippen LogP contribution in [0.25, 0.3) is 0 Å². The lowest BCUT2D eigenvalue weighted by atomic mass is 10.1. The third kappa shape index (κ3) is 5.93. The minimum Gasteiger partial charge on any atom is -0.478 e. The minimum absolute atomic E-state index is 0.113. The maximum absolute atomic E-state index is 12.9. The molecule has 0 bridgehead atoms. The molecule has 0 unspecified atom stereocenters. The summed E-state index contributed by atoms with van der Waals surface area (Å²) in [6, 6.07) is 11.5. The van der Waals surface area contributed by atoms with Gasteiger partial charge in [-0.05, 0) is 50.2 Å². The molecule has 3 nitrogen and oxygen atoms in total. The van der Waals surface area contributed by atoms with Crippen LogP contribution in [0.3, 0.4) is 0 Å². The maximum Gasteiger partial charge on any atom is 0.417 e. The van der Waals surface area contributed by atoms with Crippen LogP contribution in [0.1, 0.15) is 25.0 Å². The van der Waals surface area contributed by atoms with Crippen molar-refractivity contribution in [1.82, 2.24) is 5.32 Å². The Balaban J connectivity index is 1.98. The van der Waals surface area contributed by atoms with Gasteiger partial charge in [-0.1, -0.05) is 35.6 Å². The molecular weight excluding hydrogens is 379 g/mol. The van der Waals surface area contributed by atoms with E-state index in [4.69, 9.17) is 16.3 Å². The van der Waals surface area contributed by atoms with E-state index < -0.39 is 23.2 Å². The first-order chi connectivity index (χ1) is 12.6. The lowest BCUT2D eigenvalue weighted by Crippen LogP contribution is -2.46. The predicted molar refractivity (Wildman–Crippen MR) is 97.5 cm³/mol. The monoisotopic (exact) mass is 395 g/mol. The van der Waals surface area contributed by atoms with E-state index in [0.29, 0.717) is 10.8 Å². The highest BCUT2D eigenvalue weighted by atomic mass is 35.5. The molecule has 1 amide bonds. The number of hydrogen-bond acceptors (Lipinski definition) is 2. The van der Waals surface area contributed by atoms with Gasteiger partial charge in [0.15, 0.2) is 5.60 Å². The molecule has 7 heteroatoms. The van der Waals surface area contributed by atoms with Gasteiger partial charge in [0, 0.05) is 10.6 Å². The summed E-state index contributed by atoms with van der Waals surface area (Å²) in [4.78, 5) is 12.3.